The second-order valence-electron chi connectivity index (χ2n) is 15.2. The molecule has 2 N–H and O–H groups in total. The van der Waals surface area contributed by atoms with Gasteiger partial charge in [0, 0.05) is 0 Å². The van der Waals surface area contributed by atoms with E-state index in [1.165, 1.54) is 33.4 Å². The molecule has 2 aliphatic rings. The van der Waals surface area contributed by atoms with Gasteiger partial charge in [0.25, 0.3) is 0 Å². The maximum Gasteiger partial charge on any atom is 2.00 e. The number of aryl methyl sites for hydroxylation is 2. The molecular weight excluding hydrogens is 739 g/mol. The first kappa shape index (κ1) is 47.9. The van der Waals surface area contributed by atoms with Crippen LogP contribution in [-0.4, -0.2) is 11.4 Å². The molecule has 0 unspecified atom stereocenters. The van der Waals surface area contributed by atoms with Crippen LogP contribution in [0.1, 0.15) is 112 Å². The summed E-state index contributed by atoms with van der Waals surface area (Å²) in [6, 6.07) is 33.3. The fraction of sp³-hybridized carbons (Fsp3) is 0.269. The Morgan fingerprint density at radius 1 is 0.404 bits per heavy atom. The van der Waals surface area contributed by atoms with Crippen molar-refractivity contribution in [2.75, 3.05) is 0 Å². The summed E-state index contributed by atoms with van der Waals surface area (Å²) in [5.74, 6) is 1.73. The van der Waals surface area contributed by atoms with Crippen molar-refractivity contribution in [2.45, 2.75) is 92.9 Å². The number of allylic oxidation sites excluding steroid dienone is 10. The van der Waals surface area contributed by atoms with E-state index in [9.17, 15) is 0 Å². The summed E-state index contributed by atoms with van der Waals surface area (Å²) in [5.41, 5.74) is 12.5. The van der Waals surface area contributed by atoms with Crippen molar-refractivity contribution in [1.29, 1.82) is 10.8 Å². The minimum absolute atomic E-state index is 0. The summed E-state index contributed by atoms with van der Waals surface area (Å²) in [6.07, 6.45) is 18.7. The molecule has 0 saturated heterocycles. The number of benzene rings is 4. The molecule has 5 heteroatoms. The quantitative estimate of drug-likeness (QED) is 0.167. The average Bonchev–Trinajstić information content (AvgIpc) is 3.18. The third kappa shape index (κ3) is 16.0. The number of hydrogen-bond donors (Lipinski definition) is 2. The maximum atomic E-state index is 7.92. The summed E-state index contributed by atoms with van der Waals surface area (Å²) in [4.78, 5) is 0. The Bertz CT molecular complexity index is 1840. The third-order valence-corrected chi connectivity index (χ3v) is 9.15. The van der Waals surface area contributed by atoms with E-state index in [1.807, 2.05) is 85.3 Å². The average molecular weight is 802 g/mol. The Morgan fingerprint density at radius 3 is 0.912 bits per heavy atom. The van der Waals surface area contributed by atoms with Gasteiger partial charge in [-0.1, -0.05) is 222 Å². The van der Waals surface area contributed by atoms with Crippen LogP contribution in [0.4, 0.5) is 11.4 Å². The molecule has 2 aliphatic carbocycles. The van der Waals surface area contributed by atoms with Gasteiger partial charge in [-0.05, 0) is 60.8 Å². The zero-order valence-electron chi connectivity index (χ0n) is 35.5. The smallest absolute Gasteiger partial charge is 0.663 e. The van der Waals surface area contributed by atoms with Gasteiger partial charge in [0.05, 0.1) is 11.4 Å². The van der Waals surface area contributed by atoms with Gasteiger partial charge in [0.1, 0.15) is 0 Å². The Kier molecular flexibility index (Phi) is 21.1. The zero-order chi connectivity index (χ0) is 41.0. The van der Waals surface area contributed by atoms with Crippen LogP contribution >= 0.6 is 0 Å². The Morgan fingerprint density at radius 2 is 0.684 bits per heavy atom. The molecule has 300 valence electrons. The molecule has 57 heavy (non-hydrogen) atoms. The van der Waals surface area contributed by atoms with E-state index in [1.54, 1.807) is 12.2 Å². The van der Waals surface area contributed by atoms with E-state index in [2.05, 4.69) is 130 Å². The largest absolute Gasteiger partial charge is 2.00 e. The van der Waals surface area contributed by atoms with E-state index < -0.39 is 0 Å². The number of hydrogen-bond acceptors (Lipinski definition) is 2. The van der Waals surface area contributed by atoms with Crippen LogP contribution in [0.25, 0.3) is 10.6 Å². The molecule has 0 fully saturated rings. The first-order valence-corrected chi connectivity index (χ1v) is 19.8. The van der Waals surface area contributed by atoms with Crippen molar-refractivity contribution >= 4 is 22.8 Å². The van der Waals surface area contributed by atoms with Gasteiger partial charge in [-0.2, -0.15) is 12.4 Å². The third-order valence-electron chi connectivity index (χ3n) is 9.15. The van der Waals surface area contributed by atoms with Crippen molar-refractivity contribution in [3.05, 3.63) is 213 Å². The van der Waals surface area contributed by atoms with Crippen molar-refractivity contribution in [1.82, 2.24) is 0 Å². The maximum absolute atomic E-state index is 7.92. The van der Waals surface area contributed by atoms with Gasteiger partial charge in [-0.3, -0.25) is 0 Å². The van der Waals surface area contributed by atoms with Crippen LogP contribution in [0.2, 0.25) is 0 Å². The zero-order valence-corrected chi connectivity index (χ0v) is 36.5. The van der Waals surface area contributed by atoms with Crippen LogP contribution in [0.15, 0.2) is 169 Å². The molecule has 0 spiro atoms. The Hall–Kier alpha value is -5.25. The molecular formula is C52H62N4Ni. The standard InChI is InChI=1S/2C19H23N2.2C7H8.Ni/c2*1-13(2)16-9-7-10-17(14(3)4)19(16)21-12-15-8-5-6-11-18(15)20;2*1-7-5-3-2-4-6-7;/h2*5-14,20H,1-4H3;2*2-6H,1H3;/q2*-1;;;+2/b2*15-12-,20-18?;;;. The molecule has 0 aromatic heterocycles. The second kappa shape index (κ2) is 25.1. The van der Waals surface area contributed by atoms with Crippen molar-refractivity contribution in [2.24, 2.45) is 0 Å². The number of nitrogens with one attached hydrogen (secondary N) is 2. The van der Waals surface area contributed by atoms with Gasteiger partial charge in [-0.15, -0.1) is 11.4 Å². The Balaban J connectivity index is 0.000000290. The van der Waals surface area contributed by atoms with Crippen LogP contribution in [0, 0.1) is 24.7 Å². The molecule has 0 radical (unpaired) electrons. The van der Waals surface area contributed by atoms with Gasteiger partial charge in [-0.25, -0.2) is 0 Å². The fourth-order valence-corrected chi connectivity index (χ4v) is 5.88. The van der Waals surface area contributed by atoms with E-state index >= 15 is 0 Å². The van der Waals surface area contributed by atoms with Crippen molar-refractivity contribution in [3.8, 4) is 0 Å². The van der Waals surface area contributed by atoms with Crippen LogP contribution in [0.3, 0.4) is 0 Å². The van der Waals surface area contributed by atoms with Gasteiger partial charge >= 0.3 is 16.5 Å². The SMILES string of the molecule is CC(C)c1cccc(C(C)C)c1[N-]/C=C1/C=CC=CC1=N.CC(C)c1cccc(C(C)C)c1[N-]/C=C1/C=CC=CC1=N.Cc1ccccc1.Cc1ccccc1.[Ni+2]. The fourth-order valence-electron chi connectivity index (χ4n) is 5.88. The van der Waals surface area contributed by atoms with Gasteiger partial charge in [0.2, 0.25) is 0 Å². The van der Waals surface area contributed by atoms with Crippen molar-refractivity contribution in [3.63, 3.8) is 0 Å². The molecule has 4 aromatic carbocycles. The minimum atomic E-state index is 0. The van der Waals surface area contributed by atoms with Gasteiger partial charge in [0.15, 0.2) is 0 Å². The first-order chi connectivity index (χ1) is 26.8. The predicted molar refractivity (Wildman–Crippen MR) is 246 cm³/mol. The van der Waals surface area contributed by atoms with Crippen LogP contribution in [0.5, 0.6) is 0 Å². The summed E-state index contributed by atoms with van der Waals surface area (Å²) in [5, 5.41) is 25.3. The molecule has 6 rings (SSSR count). The number of nitrogens with zero attached hydrogens (tertiary/aromatic N) is 2. The number of rotatable bonds is 8. The van der Waals surface area contributed by atoms with E-state index in [0.29, 0.717) is 35.1 Å². The monoisotopic (exact) mass is 800 g/mol. The van der Waals surface area contributed by atoms with E-state index in [4.69, 9.17) is 21.5 Å². The van der Waals surface area contributed by atoms with Gasteiger partial charge < -0.3 is 21.5 Å². The summed E-state index contributed by atoms with van der Waals surface area (Å²) in [7, 11) is 0. The second-order valence-corrected chi connectivity index (χ2v) is 15.2. The minimum Gasteiger partial charge on any atom is -0.663 e. The summed E-state index contributed by atoms with van der Waals surface area (Å²) in [6.45, 7) is 21.7. The Labute approximate surface area is 354 Å². The molecule has 0 atom stereocenters. The molecule has 4 nitrogen and oxygen atoms in total. The first-order valence-electron chi connectivity index (χ1n) is 19.8. The van der Waals surface area contributed by atoms with Crippen LogP contribution < -0.4 is 0 Å². The van der Waals surface area contributed by atoms with Crippen molar-refractivity contribution < 1.29 is 16.5 Å². The molecule has 0 heterocycles. The molecule has 0 aliphatic heterocycles. The topological polar surface area (TPSA) is 75.9 Å². The van der Waals surface area contributed by atoms with E-state index in [-0.39, 0.29) is 16.5 Å². The molecule has 0 amide bonds. The molecule has 4 aromatic rings. The molecule has 0 saturated carbocycles. The normalized spacial score (nSPS) is 14.1. The van der Waals surface area contributed by atoms with E-state index in [0.717, 1.165) is 22.5 Å². The summed E-state index contributed by atoms with van der Waals surface area (Å²) >= 11 is 0. The number of para-hydroxylation sites is 2. The predicted octanol–water partition coefficient (Wildman–Crippen LogP) is 15.9. The van der Waals surface area contributed by atoms with Crippen LogP contribution in [-0.2, 0) is 16.5 Å². The summed E-state index contributed by atoms with van der Waals surface area (Å²) < 4.78 is 0. The molecule has 0 bridgehead atoms.